The number of hydrogen-bond donors (Lipinski definition) is 1. The second-order valence-electron chi connectivity index (χ2n) is 4.62. The van der Waals surface area contributed by atoms with Crippen LogP contribution in [0.1, 0.15) is 18.5 Å². The zero-order chi connectivity index (χ0) is 13.8. The lowest BCUT2D eigenvalue weighted by molar-refractivity contribution is 0.849. The molecular formula is C16H16N4. The summed E-state index contributed by atoms with van der Waals surface area (Å²) in [5, 5.41) is 7.81. The Balaban J connectivity index is 1.88. The van der Waals surface area contributed by atoms with Crippen LogP contribution in [0.25, 0.3) is 5.69 Å². The van der Waals surface area contributed by atoms with Gasteiger partial charge in [0.2, 0.25) is 0 Å². The Morgan fingerprint density at radius 3 is 2.70 bits per heavy atom. The molecule has 0 saturated carbocycles. The molecule has 4 heteroatoms. The molecule has 1 unspecified atom stereocenters. The smallest absolute Gasteiger partial charge is 0.0876 e. The third kappa shape index (κ3) is 2.54. The number of nitrogens with zero attached hydrogens (tertiary/aromatic N) is 3. The summed E-state index contributed by atoms with van der Waals surface area (Å²) < 4.78 is 1.86. The summed E-state index contributed by atoms with van der Waals surface area (Å²) in [5.74, 6) is 0. The lowest BCUT2D eigenvalue weighted by atomic mass is 10.1. The van der Waals surface area contributed by atoms with E-state index in [0.717, 1.165) is 16.9 Å². The van der Waals surface area contributed by atoms with Crippen LogP contribution in [0, 0.1) is 0 Å². The molecule has 2 aromatic heterocycles. The van der Waals surface area contributed by atoms with E-state index >= 15 is 0 Å². The largest absolute Gasteiger partial charge is 0.377 e. The van der Waals surface area contributed by atoms with Crippen LogP contribution in [-0.4, -0.2) is 14.8 Å². The van der Waals surface area contributed by atoms with Gasteiger partial charge in [0, 0.05) is 24.8 Å². The van der Waals surface area contributed by atoms with Crippen LogP contribution in [0.3, 0.4) is 0 Å². The predicted molar refractivity (Wildman–Crippen MR) is 79.8 cm³/mol. The number of rotatable bonds is 4. The molecule has 3 aromatic rings. The number of aromatic nitrogens is 3. The quantitative estimate of drug-likeness (QED) is 0.785. The maximum atomic E-state index is 4.29. The minimum atomic E-state index is 0.181. The lowest BCUT2D eigenvalue weighted by Gasteiger charge is -2.18. The van der Waals surface area contributed by atoms with E-state index in [1.807, 2.05) is 47.4 Å². The topological polar surface area (TPSA) is 42.7 Å². The predicted octanol–water partition coefficient (Wildman–Crippen LogP) is 3.44. The molecule has 4 nitrogen and oxygen atoms in total. The summed E-state index contributed by atoms with van der Waals surface area (Å²) >= 11 is 0. The normalized spacial score (nSPS) is 12.1. The molecule has 0 spiro atoms. The summed E-state index contributed by atoms with van der Waals surface area (Å²) in [4.78, 5) is 4.16. The Labute approximate surface area is 118 Å². The third-order valence-corrected chi connectivity index (χ3v) is 3.21. The highest BCUT2D eigenvalue weighted by atomic mass is 15.3. The van der Waals surface area contributed by atoms with E-state index in [-0.39, 0.29) is 6.04 Å². The van der Waals surface area contributed by atoms with Crippen molar-refractivity contribution in [3.63, 3.8) is 0 Å². The Morgan fingerprint density at radius 2 is 1.95 bits per heavy atom. The number of nitrogens with one attached hydrogen (secondary N) is 1. The van der Waals surface area contributed by atoms with Crippen LogP contribution in [-0.2, 0) is 0 Å². The lowest BCUT2D eigenvalue weighted by Crippen LogP contribution is -2.09. The van der Waals surface area contributed by atoms with Crippen LogP contribution >= 0.6 is 0 Å². The number of benzene rings is 1. The van der Waals surface area contributed by atoms with Gasteiger partial charge < -0.3 is 5.32 Å². The fourth-order valence-electron chi connectivity index (χ4n) is 2.16. The molecule has 0 amide bonds. The molecule has 0 aliphatic rings. The van der Waals surface area contributed by atoms with Crippen molar-refractivity contribution in [2.24, 2.45) is 0 Å². The van der Waals surface area contributed by atoms with E-state index in [0.29, 0.717) is 0 Å². The Kier molecular flexibility index (Phi) is 3.46. The summed E-state index contributed by atoms with van der Waals surface area (Å²) in [5.41, 5.74) is 3.24. The SMILES string of the molecule is CC(Nc1ccccc1-n1cccn1)c1cccnc1. The highest BCUT2D eigenvalue weighted by molar-refractivity contribution is 5.61. The molecule has 0 fully saturated rings. The minimum Gasteiger partial charge on any atom is -0.377 e. The van der Waals surface area contributed by atoms with E-state index in [2.05, 4.69) is 34.5 Å². The second-order valence-corrected chi connectivity index (χ2v) is 4.62. The van der Waals surface area contributed by atoms with Gasteiger partial charge in [-0.25, -0.2) is 4.68 Å². The van der Waals surface area contributed by atoms with Gasteiger partial charge in [0.05, 0.1) is 17.4 Å². The minimum absolute atomic E-state index is 0.181. The van der Waals surface area contributed by atoms with Crippen molar-refractivity contribution >= 4 is 5.69 Å². The van der Waals surface area contributed by atoms with E-state index in [1.54, 1.807) is 12.4 Å². The monoisotopic (exact) mass is 264 g/mol. The number of anilines is 1. The fraction of sp³-hybridized carbons (Fsp3) is 0.125. The third-order valence-electron chi connectivity index (χ3n) is 3.21. The van der Waals surface area contributed by atoms with Crippen molar-refractivity contribution in [1.29, 1.82) is 0 Å². The Morgan fingerprint density at radius 1 is 1.05 bits per heavy atom. The highest BCUT2D eigenvalue weighted by Crippen LogP contribution is 2.24. The highest BCUT2D eigenvalue weighted by Gasteiger charge is 2.09. The Bertz CT molecular complexity index is 662. The van der Waals surface area contributed by atoms with Crippen LogP contribution in [0.2, 0.25) is 0 Å². The van der Waals surface area contributed by atoms with Crippen LogP contribution < -0.4 is 5.32 Å². The van der Waals surface area contributed by atoms with Gasteiger partial charge in [0.25, 0.3) is 0 Å². The molecule has 20 heavy (non-hydrogen) atoms. The van der Waals surface area contributed by atoms with E-state index < -0.39 is 0 Å². The van der Waals surface area contributed by atoms with E-state index in [1.165, 1.54) is 0 Å². The van der Waals surface area contributed by atoms with Crippen molar-refractivity contribution in [3.05, 3.63) is 72.8 Å². The van der Waals surface area contributed by atoms with Gasteiger partial charge in [0.1, 0.15) is 0 Å². The molecule has 1 aromatic carbocycles. The molecule has 0 aliphatic heterocycles. The average molecular weight is 264 g/mol. The van der Waals surface area contributed by atoms with Gasteiger partial charge in [-0.05, 0) is 36.8 Å². The Hall–Kier alpha value is -2.62. The van der Waals surface area contributed by atoms with Crippen molar-refractivity contribution in [2.45, 2.75) is 13.0 Å². The first-order valence-corrected chi connectivity index (χ1v) is 6.60. The summed E-state index contributed by atoms with van der Waals surface area (Å²) in [6, 6.07) is 14.3. The summed E-state index contributed by atoms with van der Waals surface area (Å²) in [6.45, 7) is 2.12. The fourth-order valence-corrected chi connectivity index (χ4v) is 2.16. The van der Waals surface area contributed by atoms with Crippen LogP contribution in [0.15, 0.2) is 67.3 Å². The molecule has 1 atom stereocenters. The summed E-state index contributed by atoms with van der Waals surface area (Å²) in [6.07, 6.45) is 7.39. The van der Waals surface area contributed by atoms with Crippen LogP contribution in [0.4, 0.5) is 5.69 Å². The molecule has 1 N–H and O–H groups in total. The standard InChI is InChI=1S/C16H16N4/c1-13(14-6-4-9-17-12-14)19-15-7-2-3-8-16(15)20-11-5-10-18-20/h2-13,19H,1H3. The number of para-hydroxylation sites is 2. The molecule has 0 radical (unpaired) electrons. The maximum Gasteiger partial charge on any atom is 0.0876 e. The first-order chi connectivity index (χ1) is 9.84. The summed E-state index contributed by atoms with van der Waals surface area (Å²) in [7, 11) is 0. The van der Waals surface area contributed by atoms with E-state index in [9.17, 15) is 0 Å². The van der Waals surface area contributed by atoms with Crippen molar-refractivity contribution in [1.82, 2.24) is 14.8 Å². The number of pyridine rings is 1. The van der Waals surface area contributed by atoms with Gasteiger partial charge >= 0.3 is 0 Å². The van der Waals surface area contributed by atoms with E-state index in [4.69, 9.17) is 0 Å². The van der Waals surface area contributed by atoms with Crippen molar-refractivity contribution in [2.75, 3.05) is 5.32 Å². The van der Waals surface area contributed by atoms with Gasteiger partial charge in [-0.3, -0.25) is 4.98 Å². The van der Waals surface area contributed by atoms with Crippen LogP contribution in [0.5, 0.6) is 0 Å². The molecule has 0 saturated heterocycles. The second kappa shape index (κ2) is 5.57. The van der Waals surface area contributed by atoms with Gasteiger partial charge in [-0.1, -0.05) is 18.2 Å². The number of hydrogen-bond acceptors (Lipinski definition) is 3. The van der Waals surface area contributed by atoms with Crippen molar-refractivity contribution in [3.8, 4) is 5.69 Å². The van der Waals surface area contributed by atoms with Gasteiger partial charge in [0.15, 0.2) is 0 Å². The first-order valence-electron chi connectivity index (χ1n) is 6.60. The molecule has 0 aliphatic carbocycles. The maximum absolute atomic E-state index is 4.29. The molecule has 0 bridgehead atoms. The molecule has 100 valence electrons. The van der Waals surface area contributed by atoms with Gasteiger partial charge in [-0.15, -0.1) is 0 Å². The van der Waals surface area contributed by atoms with Crippen molar-refractivity contribution < 1.29 is 0 Å². The molecule has 2 heterocycles. The molecule has 3 rings (SSSR count). The zero-order valence-corrected chi connectivity index (χ0v) is 11.3. The average Bonchev–Trinajstić information content (AvgIpc) is 3.03. The van der Waals surface area contributed by atoms with Gasteiger partial charge in [-0.2, -0.15) is 5.10 Å². The molecular weight excluding hydrogens is 248 g/mol. The first kappa shape index (κ1) is 12.4. The zero-order valence-electron chi connectivity index (χ0n) is 11.3.